The zero-order valence-corrected chi connectivity index (χ0v) is 70.2. The molecule has 0 aromatic heterocycles. The second-order valence-corrected chi connectivity index (χ2v) is 29.9. The number of carboxylic acids is 3. The molecule has 0 radical (unpaired) electrons. The van der Waals surface area contributed by atoms with E-state index < -0.39 is 248 Å². The Bertz CT molecular complexity index is 3710. The minimum absolute atomic E-state index is 0.0233. The Hall–Kier alpha value is -11.8. The van der Waals surface area contributed by atoms with Gasteiger partial charge in [-0.3, -0.25) is 96.7 Å². The molecule has 2 rings (SSSR count). The molecule has 2 saturated heterocycles. The lowest BCUT2D eigenvalue weighted by Gasteiger charge is -2.31. The van der Waals surface area contributed by atoms with Gasteiger partial charge in [-0.1, -0.05) is 13.8 Å². The van der Waals surface area contributed by atoms with Gasteiger partial charge in [-0.25, -0.2) is 4.79 Å². The molecule has 0 aromatic rings. The number of nitrogens with zero attached hydrogens (tertiary/aromatic N) is 6. The first kappa shape index (κ1) is 107. The summed E-state index contributed by atoms with van der Waals surface area (Å²) in [7, 11) is 0. The fourth-order valence-electron chi connectivity index (χ4n) is 12.7. The molecular weight excluding hydrogens is 1650 g/mol. The number of hydrogen-bond acceptors (Lipinski definition) is 27. The maximum absolute atomic E-state index is 14.7. The second kappa shape index (κ2) is 56.0. The summed E-state index contributed by atoms with van der Waals surface area (Å²) in [4.78, 5) is 250. The molecule has 2 aliphatic rings. The number of carbonyl (C=O) groups is 17. The number of aliphatic carboxylic acids is 3. The molecule has 0 aromatic carbocycles. The number of likely N-dealkylation sites (tertiary alicyclic amines) is 2. The van der Waals surface area contributed by atoms with Gasteiger partial charge in [0.2, 0.25) is 82.7 Å². The molecule has 16 atom stereocenters. The fourth-order valence-corrected chi connectivity index (χ4v) is 12.9. The zero-order chi connectivity index (χ0) is 92.9. The maximum Gasteiger partial charge on any atom is 0.326 e. The number of rotatable bonds is 58. The lowest BCUT2D eigenvalue weighted by atomic mass is 10.0. The molecule has 2 fully saturated rings. The molecule has 0 bridgehead atoms. The van der Waals surface area contributed by atoms with Gasteiger partial charge in [0, 0.05) is 57.9 Å². The molecule has 0 spiro atoms. The number of thiol groups is 1. The van der Waals surface area contributed by atoms with Gasteiger partial charge in [0.1, 0.15) is 78.5 Å². The third-order valence-corrected chi connectivity index (χ3v) is 19.6. The first-order valence-corrected chi connectivity index (χ1v) is 40.7. The number of unbranched alkanes of at least 4 members (excludes halogenated alkanes) is 1. The summed E-state index contributed by atoms with van der Waals surface area (Å²) < 4.78 is 0. The lowest BCUT2D eigenvalue weighted by molar-refractivity contribution is -0.144. The van der Waals surface area contributed by atoms with E-state index in [4.69, 9.17) is 57.3 Å². The van der Waals surface area contributed by atoms with E-state index in [0.29, 0.717) is 0 Å². The van der Waals surface area contributed by atoms with E-state index in [2.05, 4.69) is 96.4 Å². The summed E-state index contributed by atoms with van der Waals surface area (Å²) in [6.45, 7) is 3.19. The molecule has 14 amide bonds. The van der Waals surface area contributed by atoms with Crippen LogP contribution in [0.4, 0.5) is 0 Å². The third kappa shape index (κ3) is 39.7. The molecule has 0 unspecified atom stereocenters. The molecule has 123 heavy (non-hydrogen) atoms. The monoisotopic (exact) mass is 1770 g/mol. The summed E-state index contributed by atoms with van der Waals surface area (Å²) in [6.07, 6.45) is -5.83. The fraction of sp³-hybridized carbons (Fsp3) is 0.704. The van der Waals surface area contributed by atoms with E-state index >= 15 is 0 Å². The van der Waals surface area contributed by atoms with Crippen molar-refractivity contribution in [1.29, 1.82) is 0 Å². The van der Waals surface area contributed by atoms with Crippen molar-refractivity contribution in [3.8, 4) is 0 Å². The van der Waals surface area contributed by atoms with Crippen molar-refractivity contribution in [1.82, 2.24) is 73.6 Å². The standard InChI is InChI=1S/C71H126N28O23S/c1-34(2)51(67(121)122)95-48(103)31-86-55(109)38(15-8-26-83-69(76)77)88-61(115)46-18-12-30-99(46)66(120)43(21-23-50(106)107)91-59(113)44(32-100)93-58(112)41(20-22-49(104)105)90-63(117)53(36(4)102)97-60(114)45(33-123)94-57(111)39(14-5-6-24-72)87-56(110)40(16-9-27-84-70(78)79)89-62(116)47-19-11-29-98(47)65(119)42(17-10-28-85-71(80)81)92-64(118)52(35(3)101)96-54(108)37(73)13-7-25-82-68(74)75/h34-47,51-53,100-102,123H,5-33,72-73H2,1-4H3,(H,86,109)(H,87,110)(H,88,115)(H,89,116)(H,90,117)(H,91,113)(H,92,118)(H,93,112)(H,94,111)(H,95,103)(H,96,108)(H,97,114)(H,104,105)(H,106,107)(H,121,122)(H4,74,75,82)(H4,76,77,83)(H4,78,79,84)(H4,80,81,85)/t35-,36-,37+,38+,39+,40+,41+,42+,43+,44+,45+,46+,47+,51+,52+,53+/m1/s1. The molecule has 0 aliphatic carbocycles. The summed E-state index contributed by atoms with van der Waals surface area (Å²) in [6, 6.07) is -22.4. The first-order chi connectivity index (χ1) is 57.9. The molecule has 2 heterocycles. The molecule has 694 valence electrons. The van der Waals surface area contributed by atoms with E-state index in [1.54, 1.807) is 0 Å². The van der Waals surface area contributed by atoms with Crippen molar-refractivity contribution in [3.05, 3.63) is 0 Å². The summed E-state index contributed by atoms with van der Waals surface area (Å²) in [5.74, 6) is -21.1. The smallest absolute Gasteiger partial charge is 0.326 e. The third-order valence-electron chi connectivity index (χ3n) is 19.2. The van der Waals surface area contributed by atoms with Crippen molar-refractivity contribution in [2.45, 2.75) is 246 Å². The van der Waals surface area contributed by atoms with Crippen LogP contribution in [0.1, 0.15) is 150 Å². The Morgan fingerprint density at radius 2 is 0.748 bits per heavy atom. The average molecular weight is 1770 g/mol. The van der Waals surface area contributed by atoms with E-state index in [9.17, 15) is 112 Å². The highest BCUT2D eigenvalue weighted by Crippen LogP contribution is 2.23. The number of aliphatic hydroxyl groups excluding tert-OH is 3. The normalized spacial score (nSPS) is 16.9. The molecule has 2 aliphatic heterocycles. The van der Waals surface area contributed by atoms with E-state index in [-0.39, 0.29) is 166 Å². The Morgan fingerprint density at radius 1 is 0.407 bits per heavy atom. The van der Waals surface area contributed by atoms with Crippen LogP contribution >= 0.6 is 12.6 Å². The average Bonchev–Trinajstić information content (AvgIpc) is 1.68. The Labute approximate surface area is 714 Å². The minimum Gasteiger partial charge on any atom is -0.481 e. The Kier molecular flexibility index (Phi) is 48.9. The van der Waals surface area contributed by atoms with Crippen molar-refractivity contribution in [2.24, 2.45) is 83.2 Å². The quantitative estimate of drug-likeness (QED) is 0.0116. The highest BCUT2D eigenvalue weighted by atomic mass is 32.1. The van der Waals surface area contributed by atoms with E-state index in [0.717, 1.165) is 11.8 Å². The first-order valence-electron chi connectivity index (χ1n) is 40.0. The van der Waals surface area contributed by atoms with Crippen LogP contribution in [-0.4, -0.2) is 326 Å². The van der Waals surface area contributed by atoms with Gasteiger partial charge in [0.15, 0.2) is 23.8 Å². The summed E-state index contributed by atoms with van der Waals surface area (Å²) in [5.41, 5.74) is 55.7. The van der Waals surface area contributed by atoms with Gasteiger partial charge in [-0.15, -0.1) is 0 Å². The molecule has 52 heteroatoms. The number of nitrogens with one attached hydrogen (secondary N) is 12. The molecule has 38 N–H and O–H groups in total. The second-order valence-electron chi connectivity index (χ2n) is 29.6. The van der Waals surface area contributed by atoms with Gasteiger partial charge in [0.05, 0.1) is 31.4 Å². The summed E-state index contributed by atoms with van der Waals surface area (Å²) >= 11 is 4.23. The lowest BCUT2D eigenvalue weighted by Crippen LogP contribution is -2.62. The van der Waals surface area contributed by atoms with Gasteiger partial charge < -0.3 is 162 Å². The number of guanidine groups is 4. The van der Waals surface area contributed by atoms with Crippen LogP contribution in [0.5, 0.6) is 0 Å². The zero-order valence-electron chi connectivity index (χ0n) is 69.3. The predicted octanol–water partition coefficient (Wildman–Crippen LogP) is -12.8. The number of amides is 14. The molecular formula is C71H126N28O23S. The number of carboxylic acid groups (broad SMARTS) is 3. The molecule has 0 saturated carbocycles. The molecule has 51 nitrogen and oxygen atoms in total. The highest BCUT2D eigenvalue weighted by molar-refractivity contribution is 7.80. The van der Waals surface area contributed by atoms with Crippen molar-refractivity contribution in [2.75, 3.05) is 64.7 Å². The Morgan fingerprint density at radius 3 is 1.15 bits per heavy atom. The van der Waals surface area contributed by atoms with Crippen LogP contribution in [0.3, 0.4) is 0 Å². The number of hydrogen-bond donors (Lipinski definition) is 29. The van der Waals surface area contributed by atoms with Crippen LogP contribution in [0, 0.1) is 5.92 Å². The number of aliphatic hydroxyl groups is 3. The highest BCUT2D eigenvalue weighted by Gasteiger charge is 2.44. The van der Waals surface area contributed by atoms with Gasteiger partial charge >= 0.3 is 17.9 Å². The van der Waals surface area contributed by atoms with E-state index in [1.807, 2.05) is 0 Å². The van der Waals surface area contributed by atoms with Crippen LogP contribution in [0.2, 0.25) is 0 Å². The largest absolute Gasteiger partial charge is 0.481 e. The van der Waals surface area contributed by atoms with Crippen molar-refractivity contribution in [3.63, 3.8) is 0 Å². The van der Waals surface area contributed by atoms with Gasteiger partial charge in [0.25, 0.3) is 0 Å². The van der Waals surface area contributed by atoms with E-state index in [1.165, 1.54) is 25.7 Å². The van der Waals surface area contributed by atoms with Gasteiger partial charge in [-0.2, -0.15) is 12.6 Å². The minimum atomic E-state index is -2.07. The maximum atomic E-state index is 14.7. The van der Waals surface area contributed by atoms with Crippen LogP contribution in [-0.2, 0) is 81.5 Å². The van der Waals surface area contributed by atoms with Crippen LogP contribution in [0.25, 0.3) is 0 Å². The number of aliphatic imine (C=N–C) groups is 4. The summed E-state index contributed by atoms with van der Waals surface area (Å²) in [5, 5.41) is 89.7. The topological polar surface area (TPSA) is 872 Å². The van der Waals surface area contributed by atoms with Crippen LogP contribution < -0.4 is 121 Å². The van der Waals surface area contributed by atoms with Crippen molar-refractivity contribution < 1.29 is 112 Å². The van der Waals surface area contributed by atoms with Crippen molar-refractivity contribution >= 4 is 137 Å². The van der Waals surface area contributed by atoms with Gasteiger partial charge in [-0.05, 0) is 135 Å². The SMILES string of the molecule is CC(C)[C@H](NC(=O)CNC(=O)[C@H](CCCN=C(N)N)NC(=O)[C@@H]1CCCN1C(=O)[C@H](CCC(=O)O)NC(=O)[C@H](CO)NC(=O)[C@H](CCC(=O)O)NC(=O)[C@@H](NC(=O)[C@H](CS)NC(=O)[C@H](CCCCN)NC(=O)[C@H](CCCN=C(N)N)NC(=O)[C@@H]1CCCN1C(=O)[C@H](CCCN=C(N)N)NC(=O)[C@@H](NC(=O)[C@@H](N)CCCN=C(N)N)[C@@H](C)O)[C@@H](C)O)C(=O)O. The Balaban J connectivity index is 2.46. The number of nitrogens with two attached hydrogens (primary N) is 10. The number of carbonyl (C=O) groups excluding carboxylic acids is 14. The predicted molar refractivity (Wildman–Crippen MR) is 445 cm³/mol. The van der Waals surface area contributed by atoms with Crippen LogP contribution in [0.15, 0.2) is 20.0 Å².